The molecule has 7 heteroatoms. The van der Waals surface area contributed by atoms with Gasteiger partial charge in [-0.15, -0.1) is 0 Å². The fraction of sp³-hybridized carbons (Fsp3) is 0.250. The van der Waals surface area contributed by atoms with Crippen LogP contribution in [0.3, 0.4) is 0 Å². The van der Waals surface area contributed by atoms with Crippen LogP contribution in [0, 0.1) is 0 Å². The van der Waals surface area contributed by atoms with E-state index >= 15 is 0 Å². The monoisotopic (exact) mass is 261 g/mol. The molecule has 0 spiro atoms. The van der Waals surface area contributed by atoms with Crippen LogP contribution in [0.25, 0.3) is 0 Å². The molecule has 0 fully saturated rings. The van der Waals surface area contributed by atoms with Crippen molar-refractivity contribution in [3.05, 3.63) is 36.4 Å². The van der Waals surface area contributed by atoms with Gasteiger partial charge in [0.05, 0.1) is 18.8 Å². The van der Waals surface area contributed by atoms with Crippen molar-refractivity contribution in [1.82, 2.24) is 20.5 Å². The van der Waals surface area contributed by atoms with E-state index in [1.165, 1.54) is 6.33 Å². The van der Waals surface area contributed by atoms with Crippen molar-refractivity contribution in [1.29, 1.82) is 0 Å². The van der Waals surface area contributed by atoms with Gasteiger partial charge in [0, 0.05) is 0 Å². The van der Waals surface area contributed by atoms with Crippen LogP contribution < -0.4 is 15.4 Å². The summed E-state index contributed by atoms with van der Waals surface area (Å²) in [5, 5.41) is 11.9. The fourth-order valence-corrected chi connectivity index (χ4v) is 1.59. The fourth-order valence-electron chi connectivity index (χ4n) is 1.59. The van der Waals surface area contributed by atoms with E-state index in [1.54, 1.807) is 19.2 Å². The van der Waals surface area contributed by atoms with Gasteiger partial charge in [-0.25, -0.2) is 9.78 Å². The van der Waals surface area contributed by atoms with E-state index in [1.807, 2.05) is 19.1 Å². The first-order chi connectivity index (χ1) is 9.20. The molecule has 0 aliphatic carbocycles. The number of hydrogen-bond donors (Lipinski definition) is 3. The summed E-state index contributed by atoms with van der Waals surface area (Å²) >= 11 is 0. The number of para-hydroxylation sites is 2. The van der Waals surface area contributed by atoms with E-state index in [0.717, 1.165) is 0 Å². The highest BCUT2D eigenvalue weighted by atomic mass is 16.5. The third kappa shape index (κ3) is 3.21. The topological polar surface area (TPSA) is 91.9 Å². The summed E-state index contributed by atoms with van der Waals surface area (Å²) < 4.78 is 5.15. The predicted octanol–water partition coefficient (Wildman–Crippen LogP) is 1.70. The zero-order valence-electron chi connectivity index (χ0n) is 10.7. The smallest absolute Gasteiger partial charge is 0.319 e. The second-order valence-corrected chi connectivity index (χ2v) is 3.89. The molecule has 19 heavy (non-hydrogen) atoms. The number of rotatable bonds is 4. The number of anilines is 1. The van der Waals surface area contributed by atoms with Crippen molar-refractivity contribution in [3.63, 3.8) is 0 Å². The maximum Gasteiger partial charge on any atom is 0.319 e. The van der Waals surface area contributed by atoms with Crippen LogP contribution in [0.1, 0.15) is 18.8 Å². The van der Waals surface area contributed by atoms with Crippen molar-refractivity contribution >= 4 is 11.7 Å². The van der Waals surface area contributed by atoms with Crippen molar-refractivity contribution in [2.75, 3.05) is 12.4 Å². The summed E-state index contributed by atoms with van der Waals surface area (Å²) in [5.74, 6) is 1.19. The SMILES string of the molecule is COc1ccccc1NC(=O)N[C@@H](C)c1ncn[nH]1. The van der Waals surface area contributed by atoms with E-state index in [4.69, 9.17) is 4.74 Å². The summed E-state index contributed by atoms with van der Waals surface area (Å²) in [6.07, 6.45) is 1.39. The van der Waals surface area contributed by atoms with Crippen LogP contribution in [-0.2, 0) is 0 Å². The lowest BCUT2D eigenvalue weighted by atomic mass is 10.3. The van der Waals surface area contributed by atoms with E-state index in [0.29, 0.717) is 17.3 Å². The van der Waals surface area contributed by atoms with Gasteiger partial charge in [-0.3, -0.25) is 5.10 Å². The highest BCUT2D eigenvalue weighted by Gasteiger charge is 2.13. The largest absolute Gasteiger partial charge is 0.495 e. The highest BCUT2D eigenvalue weighted by molar-refractivity contribution is 5.91. The van der Waals surface area contributed by atoms with Gasteiger partial charge >= 0.3 is 6.03 Å². The molecule has 1 aromatic heterocycles. The lowest BCUT2D eigenvalue weighted by molar-refractivity contribution is 0.249. The quantitative estimate of drug-likeness (QED) is 0.781. The van der Waals surface area contributed by atoms with Gasteiger partial charge in [0.2, 0.25) is 0 Å². The lowest BCUT2D eigenvalue weighted by Crippen LogP contribution is -2.31. The number of hydrogen-bond acceptors (Lipinski definition) is 4. The Kier molecular flexibility index (Phi) is 3.97. The molecule has 100 valence electrons. The van der Waals surface area contributed by atoms with Crippen LogP contribution in [0.4, 0.5) is 10.5 Å². The minimum Gasteiger partial charge on any atom is -0.495 e. The number of benzene rings is 1. The average molecular weight is 261 g/mol. The first-order valence-electron chi connectivity index (χ1n) is 5.76. The van der Waals surface area contributed by atoms with Crippen molar-refractivity contribution in [2.24, 2.45) is 0 Å². The second kappa shape index (κ2) is 5.85. The van der Waals surface area contributed by atoms with Crippen molar-refractivity contribution < 1.29 is 9.53 Å². The van der Waals surface area contributed by atoms with E-state index in [2.05, 4.69) is 25.8 Å². The second-order valence-electron chi connectivity index (χ2n) is 3.89. The van der Waals surface area contributed by atoms with Crippen LogP contribution in [-0.4, -0.2) is 28.3 Å². The van der Waals surface area contributed by atoms with Gasteiger partial charge in [0.1, 0.15) is 17.9 Å². The molecular formula is C12H15N5O2. The number of carbonyl (C=O) groups is 1. The Labute approximate surface area is 110 Å². The van der Waals surface area contributed by atoms with E-state index in [9.17, 15) is 4.79 Å². The number of nitrogens with zero attached hydrogens (tertiary/aromatic N) is 2. The average Bonchev–Trinajstić information content (AvgIpc) is 2.93. The molecular weight excluding hydrogens is 246 g/mol. The molecule has 1 atom stereocenters. The van der Waals surface area contributed by atoms with Gasteiger partial charge in [0.25, 0.3) is 0 Å². The number of methoxy groups -OCH3 is 1. The maximum absolute atomic E-state index is 11.8. The molecule has 3 N–H and O–H groups in total. The first kappa shape index (κ1) is 12.9. The number of urea groups is 1. The molecule has 0 unspecified atom stereocenters. The van der Waals surface area contributed by atoms with Crippen LogP contribution in [0.2, 0.25) is 0 Å². The molecule has 0 aliphatic rings. The number of ether oxygens (including phenoxy) is 1. The Bertz CT molecular complexity index is 541. The minimum absolute atomic E-state index is 0.266. The summed E-state index contributed by atoms with van der Waals surface area (Å²) in [6.45, 7) is 1.81. The van der Waals surface area contributed by atoms with E-state index in [-0.39, 0.29) is 12.1 Å². The molecule has 2 amide bonds. The summed E-state index contributed by atoms with van der Waals surface area (Å²) in [4.78, 5) is 15.8. The Balaban J connectivity index is 1.98. The molecule has 2 aromatic rings. The molecule has 0 bridgehead atoms. The third-order valence-electron chi connectivity index (χ3n) is 2.55. The molecule has 0 saturated carbocycles. The molecule has 1 heterocycles. The molecule has 0 radical (unpaired) electrons. The zero-order chi connectivity index (χ0) is 13.7. The van der Waals surface area contributed by atoms with Gasteiger partial charge in [-0.05, 0) is 19.1 Å². The van der Waals surface area contributed by atoms with Gasteiger partial charge in [-0.1, -0.05) is 12.1 Å². The van der Waals surface area contributed by atoms with Crippen LogP contribution in [0.15, 0.2) is 30.6 Å². The Morgan fingerprint density at radius 2 is 2.21 bits per heavy atom. The predicted molar refractivity (Wildman–Crippen MR) is 69.9 cm³/mol. The highest BCUT2D eigenvalue weighted by Crippen LogP contribution is 2.22. The first-order valence-corrected chi connectivity index (χ1v) is 5.76. The number of carbonyl (C=O) groups excluding carboxylic acids is 1. The normalized spacial score (nSPS) is 11.7. The van der Waals surface area contributed by atoms with Crippen molar-refractivity contribution in [2.45, 2.75) is 13.0 Å². The number of amides is 2. The summed E-state index contributed by atoms with van der Waals surface area (Å²) in [5.41, 5.74) is 0.604. The lowest BCUT2D eigenvalue weighted by Gasteiger charge is -2.13. The van der Waals surface area contributed by atoms with Crippen LogP contribution in [0.5, 0.6) is 5.75 Å². The number of H-pyrrole nitrogens is 1. The Morgan fingerprint density at radius 1 is 1.42 bits per heavy atom. The molecule has 0 aliphatic heterocycles. The summed E-state index contributed by atoms with van der Waals surface area (Å²) in [6, 6.07) is 6.58. The minimum atomic E-state index is -0.339. The molecule has 1 aromatic carbocycles. The molecule has 0 saturated heterocycles. The number of aromatic nitrogens is 3. The number of aromatic amines is 1. The number of nitrogens with one attached hydrogen (secondary N) is 3. The Morgan fingerprint density at radius 3 is 2.89 bits per heavy atom. The van der Waals surface area contributed by atoms with Gasteiger partial charge < -0.3 is 15.4 Å². The standard InChI is InChI=1S/C12H15N5O2/c1-8(11-13-7-14-17-11)15-12(18)16-9-5-3-4-6-10(9)19-2/h3-8H,1-2H3,(H,13,14,17)(H2,15,16,18)/t8-/m0/s1. The van der Waals surface area contributed by atoms with Crippen LogP contribution >= 0.6 is 0 Å². The van der Waals surface area contributed by atoms with Crippen molar-refractivity contribution in [3.8, 4) is 5.75 Å². The van der Waals surface area contributed by atoms with E-state index < -0.39 is 0 Å². The Hall–Kier alpha value is -2.57. The summed E-state index contributed by atoms with van der Waals surface area (Å²) in [7, 11) is 1.55. The third-order valence-corrected chi connectivity index (χ3v) is 2.55. The zero-order valence-corrected chi connectivity index (χ0v) is 10.7. The van der Waals surface area contributed by atoms with Gasteiger partial charge in [0.15, 0.2) is 0 Å². The van der Waals surface area contributed by atoms with Gasteiger partial charge in [-0.2, -0.15) is 5.10 Å². The molecule has 2 rings (SSSR count). The molecule has 7 nitrogen and oxygen atoms in total. The maximum atomic E-state index is 11.8.